The lowest BCUT2D eigenvalue weighted by atomic mass is 9.85. The third kappa shape index (κ3) is 7.03. The summed E-state index contributed by atoms with van der Waals surface area (Å²) in [6, 6.07) is 1.43. The molecule has 1 rings (SSSR count). The maximum absolute atomic E-state index is 14.2. The third-order valence-corrected chi connectivity index (χ3v) is 7.50. The van der Waals surface area contributed by atoms with Gasteiger partial charge in [0, 0.05) is 6.42 Å². The van der Waals surface area contributed by atoms with Gasteiger partial charge in [0.05, 0.1) is 12.0 Å². The Morgan fingerprint density at radius 2 is 0.778 bits per heavy atom. The van der Waals surface area contributed by atoms with Gasteiger partial charge in [0.1, 0.15) is 5.75 Å². The molecule has 0 aliphatic carbocycles. The molecule has 0 aliphatic rings. The first kappa shape index (κ1) is 48.8. The van der Waals surface area contributed by atoms with E-state index in [0.717, 1.165) is 0 Å². The van der Waals surface area contributed by atoms with Crippen LogP contribution in [0.3, 0.4) is 0 Å². The Labute approximate surface area is 283 Å². The predicted molar refractivity (Wildman–Crippen MR) is 126 cm³/mol. The Hall–Kier alpha value is -3.26. The van der Waals surface area contributed by atoms with Crippen LogP contribution in [0.4, 0.5) is 110 Å². The highest BCUT2D eigenvalue weighted by atomic mass is 19.4. The van der Waals surface area contributed by atoms with Crippen LogP contribution in [-0.4, -0.2) is 84.1 Å². The van der Waals surface area contributed by atoms with Crippen molar-refractivity contribution >= 4 is 5.97 Å². The SMILES string of the molecule is CCC(C)(C)C(=O)OCCc1ccc(OC(F)(F)C(F)(F)C(F)(F)C(F)(F)C(F)(F)C(F)(F)C(F)(F)C(F)(F)C(F)(F)C(F)(F)C(F)(F)C(F)(F)F)cc1. The van der Waals surface area contributed by atoms with Crippen LogP contribution in [0.2, 0.25) is 0 Å². The van der Waals surface area contributed by atoms with Gasteiger partial charge in [-0.3, -0.25) is 4.79 Å². The van der Waals surface area contributed by atoms with Crippen LogP contribution in [0.25, 0.3) is 0 Å². The smallest absolute Gasteiger partial charge is 0.465 e. The largest absolute Gasteiger partial charge is 0.471 e. The van der Waals surface area contributed by atoms with Crippen LogP contribution in [-0.2, 0) is 16.0 Å². The van der Waals surface area contributed by atoms with E-state index < -0.39 is 95.3 Å². The van der Waals surface area contributed by atoms with E-state index in [9.17, 15) is 115 Å². The first-order valence-corrected chi connectivity index (χ1v) is 13.6. The minimum Gasteiger partial charge on any atom is -0.465 e. The van der Waals surface area contributed by atoms with Crippen molar-refractivity contribution in [3.8, 4) is 5.75 Å². The zero-order valence-electron chi connectivity index (χ0n) is 26.1. The van der Waals surface area contributed by atoms with E-state index in [1.807, 2.05) is 0 Å². The van der Waals surface area contributed by atoms with Crippen molar-refractivity contribution in [1.82, 2.24) is 0 Å². The molecule has 0 fully saturated rings. The van der Waals surface area contributed by atoms with Crippen molar-refractivity contribution in [3.05, 3.63) is 29.8 Å². The number of esters is 1. The Morgan fingerprint density at radius 3 is 1.07 bits per heavy atom. The van der Waals surface area contributed by atoms with Crippen molar-refractivity contribution in [1.29, 1.82) is 0 Å². The molecule has 0 bridgehead atoms. The van der Waals surface area contributed by atoms with E-state index in [1.54, 1.807) is 6.92 Å². The molecule has 0 aromatic heterocycles. The summed E-state index contributed by atoms with van der Waals surface area (Å²) in [5, 5.41) is 0. The van der Waals surface area contributed by atoms with Crippen molar-refractivity contribution < 1.29 is 124 Å². The van der Waals surface area contributed by atoms with Crippen LogP contribution in [0.1, 0.15) is 32.8 Å². The molecule has 0 radical (unpaired) electrons. The lowest BCUT2D eigenvalue weighted by molar-refractivity contribution is -0.486. The summed E-state index contributed by atoms with van der Waals surface area (Å²) < 4.78 is 348. The van der Waals surface area contributed by atoms with Gasteiger partial charge in [-0.05, 0) is 38.0 Å². The summed E-state index contributed by atoms with van der Waals surface area (Å²) in [7, 11) is 0. The summed E-state index contributed by atoms with van der Waals surface area (Å²) in [6.45, 7) is 4.05. The van der Waals surface area contributed by atoms with Gasteiger partial charge in [0.2, 0.25) is 0 Å². The zero-order chi connectivity index (χ0) is 43.6. The van der Waals surface area contributed by atoms with Crippen molar-refractivity contribution in [2.75, 3.05) is 6.61 Å². The fourth-order valence-electron chi connectivity index (χ4n) is 3.48. The second-order valence-corrected chi connectivity index (χ2v) is 11.6. The highest BCUT2D eigenvalue weighted by molar-refractivity contribution is 5.75. The standard InChI is InChI=1S/C26H19F25O3/c1-4-14(2,3)13(52)53-10-9-11-5-7-12(8-6-11)54-26(50,51)24(45,46)22(41,42)20(37,38)18(33,34)16(29,30)15(27,28)17(31,32)19(35,36)21(39,40)23(43,44)25(47,48)49/h5-8H,4,9-10H2,1-3H3. The molecule has 316 valence electrons. The van der Waals surface area contributed by atoms with Crippen LogP contribution < -0.4 is 4.74 Å². The Bertz CT molecular complexity index is 1480. The van der Waals surface area contributed by atoms with Gasteiger partial charge in [-0.1, -0.05) is 19.1 Å². The third-order valence-electron chi connectivity index (χ3n) is 7.50. The number of carbonyl (C=O) groups excluding carboxylic acids is 1. The predicted octanol–water partition coefficient (Wildman–Crippen LogP) is 11.1. The van der Waals surface area contributed by atoms with E-state index in [2.05, 4.69) is 4.74 Å². The van der Waals surface area contributed by atoms with Crippen LogP contribution in [0, 0.1) is 5.41 Å². The normalized spacial score (nSPS) is 15.7. The molecular weight excluding hydrogens is 835 g/mol. The van der Waals surface area contributed by atoms with Crippen LogP contribution in [0.15, 0.2) is 24.3 Å². The second kappa shape index (κ2) is 13.7. The minimum atomic E-state index is -9.65. The average Bonchev–Trinajstić information content (AvgIpc) is 2.99. The highest BCUT2D eigenvalue weighted by Crippen LogP contribution is 2.67. The van der Waals surface area contributed by atoms with E-state index in [4.69, 9.17) is 4.74 Å². The van der Waals surface area contributed by atoms with Crippen LogP contribution in [0.5, 0.6) is 5.75 Å². The van der Waals surface area contributed by atoms with E-state index in [1.165, 1.54) is 13.8 Å². The molecule has 28 heteroatoms. The summed E-state index contributed by atoms with van der Waals surface area (Å²) in [6.07, 6.45) is -15.6. The lowest BCUT2D eigenvalue weighted by Crippen LogP contribution is -2.78. The quantitative estimate of drug-likeness (QED) is 0.116. The number of benzene rings is 1. The Balaban J connectivity index is 3.57. The van der Waals surface area contributed by atoms with Gasteiger partial charge >= 0.3 is 77.5 Å². The monoisotopic (exact) mass is 854 g/mol. The molecule has 0 saturated heterocycles. The summed E-state index contributed by atoms with van der Waals surface area (Å²) in [4.78, 5) is 11.9. The first-order chi connectivity index (χ1) is 23.4. The Morgan fingerprint density at radius 1 is 0.481 bits per heavy atom. The molecule has 0 atom stereocenters. The van der Waals surface area contributed by atoms with E-state index in [-0.39, 0.29) is 30.5 Å². The number of ether oxygens (including phenoxy) is 2. The molecule has 0 unspecified atom stereocenters. The number of alkyl halides is 25. The number of hydrogen-bond acceptors (Lipinski definition) is 3. The molecular formula is C26H19F25O3. The molecule has 0 amide bonds. The lowest BCUT2D eigenvalue weighted by Gasteiger charge is -2.45. The van der Waals surface area contributed by atoms with E-state index >= 15 is 0 Å². The maximum atomic E-state index is 14.2. The maximum Gasteiger partial charge on any atom is 0.471 e. The van der Waals surface area contributed by atoms with Gasteiger partial charge in [0.25, 0.3) is 0 Å². The average molecular weight is 854 g/mol. The van der Waals surface area contributed by atoms with Gasteiger partial charge < -0.3 is 9.47 Å². The topological polar surface area (TPSA) is 35.5 Å². The molecule has 0 spiro atoms. The molecule has 54 heavy (non-hydrogen) atoms. The van der Waals surface area contributed by atoms with Gasteiger partial charge in [-0.2, -0.15) is 110 Å². The number of carbonyl (C=O) groups is 1. The number of halogens is 25. The van der Waals surface area contributed by atoms with E-state index in [0.29, 0.717) is 12.1 Å². The summed E-state index contributed by atoms with van der Waals surface area (Å²) in [5.74, 6) is -94.9. The van der Waals surface area contributed by atoms with Crippen LogP contribution >= 0.6 is 0 Å². The Kier molecular flexibility index (Phi) is 12.4. The number of rotatable bonds is 17. The van der Waals surface area contributed by atoms with Crippen molar-refractivity contribution in [3.63, 3.8) is 0 Å². The summed E-state index contributed by atoms with van der Waals surface area (Å²) in [5.41, 5.74) is -1.08. The molecule has 0 N–H and O–H groups in total. The fourth-order valence-corrected chi connectivity index (χ4v) is 3.48. The molecule has 1 aromatic rings. The summed E-state index contributed by atoms with van der Waals surface area (Å²) >= 11 is 0. The van der Waals surface area contributed by atoms with Crippen molar-refractivity contribution in [2.45, 2.75) is 105 Å². The molecule has 0 aliphatic heterocycles. The highest BCUT2D eigenvalue weighted by Gasteiger charge is 2.99. The minimum absolute atomic E-state index is 0.0820. The number of hydrogen-bond donors (Lipinski definition) is 0. The van der Waals surface area contributed by atoms with Gasteiger partial charge in [-0.15, -0.1) is 0 Å². The molecule has 1 aromatic carbocycles. The van der Waals surface area contributed by atoms with Gasteiger partial charge in [0.15, 0.2) is 0 Å². The van der Waals surface area contributed by atoms with Gasteiger partial charge in [-0.25, -0.2) is 0 Å². The fraction of sp³-hybridized carbons (Fsp3) is 0.731. The molecule has 0 heterocycles. The second-order valence-electron chi connectivity index (χ2n) is 11.6. The molecule has 3 nitrogen and oxygen atoms in total. The molecule has 0 saturated carbocycles. The van der Waals surface area contributed by atoms with Crippen molar-refractivity contribution in [2.24, 2.45) is 5.41 Å². The first-order valence-electron chi connectivity index (χ1n) is 13.6. The zero-order valence-corrected chi connectivity index (χ0v) is 26.1.